The van der Waals surface area contributed by atoms with Gasteiger partial charge in [0.2, 0.25) is 0 Å². The van der Waals surface area contributed by atoms with E-state index in [-0.39, 0.29) is 0 Å². The Labute approximate surface area is 100 Å². The van der Waals surface area contributed by atoms with Crippen LogP contribution in [-0.2, 0) is 0 Å². The van der Waals surface area contributed by atoms with Gasteiger partial charge in [-0.3, -0.25) is 0 Å². The molecule has 0 aromatic heterocycles. The summed E-state index contributed by atoms with van der Waals surface area (Å²) in [7, 11) is 0. The minimum Gasteiger partial charge on any atom is -0.308 e. The first-order valence-corrected chi connectivity index (χ1v) is 6.23. The highest BCUT2D eigenvalue weighted by Crippen LogP contribution is 2.15. The van der Waals surface area contributed by atoms with Crippen LogP contribution >= 0.6 is 22.6 Å². The van der Waals surface area contributed by atoms with Crippen molar-refractivity contribution in [3.8, 4) is 0 Å². The highest BCUT2D eigenvalue weighted by atomic mass is 127. The zero-order valence-electron chi connectivity index (χ0n) is 9.05. The van der Waals surface area contributed by atoms with Gasteiger partial charge in [0, 0.05) is 15.7 Å². The van der Waals surface area contributed by atoms with E-state index in [1.54, 1.807) is 0 Å². The maximum atomic E-state index is 3.56. The van der Waals surface area contributed by atoms with E-state index in [1.807, 2.05) is 0 Å². The zero-order valence-corrected chi connectivity index (χ0v) is 11.2. The molecular weight excluding hydrogens is 285 g/mol. The van der Waals surface area contributed by atoms with Crippen molar-refractivity contribution in [2.45, 2.75) is 39.3 Å². The fourth-order valence-corrected chi connectivity index (χ4v) is 1.75. The van der Waals surface area contributed by atoms with E-state index in [4.69, 9.17) is 0 Å². The smallest absolute Gasteiger partial charge is 0.0294 e. The first kappa shape index (κ1) is 12.0. The van der Waals surface area contributed by atoms with E-state index in [0.29, 0.717) is 12.1 Å². The molecule has 1 aromatic rings. The molecule has 0 unspecified atom stereocenters. The molecule has 0 aliphatic rings. The van der Waals surface area contributed by atoms with Crippen molar-refractivity contribution >= 4 is 22.6 Å². The second kappa shape index (κ2) is 5.71. The molecule has 0 bridgehead atoms. The van der Waals surface area contributed by atoms with Crippen LogP contribution in [0.2, 0.25) is 0 Å². The van der Waals surface area contributed by atoms with Gasteiger partial charge in [-0.15, -0.1) is 0 Å². The number of rotatable bonds is 4. The van der Waals surface area contributed by atoms with Gasteiger partial charge in [0.25, 0.3) is 0 Å². The highest BCUT2D eigenvalue weighted by Gasteiger charge is 2.07. The van der Waals surface area contributed by atoms with Crippen LogP contribution < -0.4 is 5.32 Å². The molecular formula is C12H18IN. The second-order valence-electron chi connectivity index (χ2n) is 3.75. The Hall–Kier alpha value is -0.0900. The number of hydrogen-bond acceptors (Lipinski definition) is 1. The van der Waals surface area contributed by atoms with Gasteiger partial charge in [0.15, 0.2) is 0 Å². The Kier molecular flexibility index (Phi) is 4.89. The third-order valence-electron chi connectivity index (χ3n) is 2.52. The molecule has 0 fully saturated rings. The van der Waals surface area contributed by atoms with E-state index in [2.05, 4.69) is 72.9 Å². The van der Waals surface area contributed by atoms with Crippen molar-refractivity contribution < 1.29 is 0 Å². The molecule has 1 nitrogen and oxygen atoms in total. The molecule has 1 N–H and O–H groups in total. The first-order valence-electron chi connectivity index (χ1n) is 5.15. The molecule has 0 heterocycles. The third-order valence-corrected chi connectivity index (χ3v) is 3.24. The molecule has 0 aliphatic heterocycles. The normalized spacial score (nSPS) is 15.1. The summed E-state index contributed by atoms with van der Waals surface area (Å²) >= 11 is 2.33. The van der Waals surface area contributed by atoms with Gasteiger partial charge in [0.05, 0.1) is 0 Å². The lowest BCUT2D eigenvalue weighted by Crippen LogP contribution is -2.28. The van der Waals surface area contributed by atoms with Gasteiger partial charge in [-0.1, -0.05) is 19.1 Å². The van der Waals surface area contributed by atoms with Gasteiger partial charge in [-0.25, -0.2) is 0 Å². The second-order valence-corrected chi connectivity index (χ2v) is 4.99. The SMILES string of the molecule is CC[C@@H](C)N[C@H](C)c1ccc(I)cc1. The summed E-state index contributed by atoms with van der Waals surface area (Å²) in [6.07, 6.45) is 1.18. The maximum Gasteiger partial charge on any atom is 0.0294 e. The van der Waals surface area contributed by atoms with Crippen molar-refractivity contribution in [3.05, 3.63) is 33.4 Å². The molecule has 1 aromatic carbocycles. The van der Waals surface area contributed by atoms with E-state index < -0.39 is 0 Å². The van der Waals surface area contributed by atoms with Gasteiger partial charge >= 0.3 is 0 Å². The van der Waals surface area contributed by atoms with E-state index in [0.717, 1.165) is 0 Å². The highest BCUT2D eigenvalue weighted by molar-refractivity contribution is 14.1. The van der Waals surface area contributed by atoms with Crippen LogP contribution in [0.15, 0.2) is 24.3 Å². The minimum absolute atomic E-state index is 0.446. The molecule has 0 amide bonds. The van der Waals surface area contributed by atoms with Crippen LogP contribution in [0.1, 0.15) is 38.8 Å². The van der Waals surface area contributed by atoms with Crippen LogP contribution in [0.5, 0.6) is 0 Å². The molecule has 0 spiro atoms. The van der Waals surface area contributed by atoms with Crippen LogP contribution in [-0.4, -0.2) is 6.04 Å². The van der Waals surface area contributed by atoms with Crippen molar-refractivity contribution in [1.29, 1.82) is 0 Å². The van der Waals surface area contributed by atoms with E-state index in [1.165, 1.54) is 15.6 Å². The minimum atomic E-state index is 0.446. The predicted molar refractivity (Wildman–Crippen MR) is 70.5 cm³/mol. The number of halogens is 1. The van der Waals surface area contributed by atoms with E-state index in [9.17, 15) is 0 Å². The Bertz CT molecular complexity index is 268. The van der Waals surface area contributed by atoms with Gasteiger partial charge in [-0.2, -0.15) is 0 Å². The lowest BCUT2D eigenvalue weighted by atomic mass is 10.1. The molecule has 2 atom stereocenters. The number of benzene rings is 1. The largest absolute Gasteiger partial charge is 0.308 e. The summed E-state index contributed by atoms with van der Waals surface area (Å²) in [6, 6.07) is 9.74. The van der Waals surface area contributed by atoms with Gasteiger partial charge in [0.1, 0.15) is 0 Å². The summed E-state index contributed by atoms with van der Waals surface area (Å²) in [4.78, 5) is 0. The van der Waals surface area contributed by atoms with Crippen LogP contribution in [0.4, 0.5) is 0 Å². The Morgan fingerprint density at radius 3 is 2.29 bits per heavy atom. The first-order chi connectivity index (χ1) is 6.63. The third kappa shape index (κ3) is 3.58. The summed E-state index contributed by atoms with van der Waals surface area (Å²) < 4.78 is 1.29. The Morgan fingerprint density at radius 1 is 1.21 bits per heavy atom. The maximum absolute atomic E-state index is 3.56. The van der Waals surface area contributed by atoms with E-state index >= 15 is 0 Å². The average molecular weight is 303 g/mol. The summed E-state index contributed by atoms with van der Waals surface area (Å²) in [5.74, 6) is 0. The lowest BCUT2D eigenvalue weighted by molar-refractivity contribution is 0.469. The molecule has 1 rings (SSSR count). The molecule has 14 heavy (non-hydrogen) atoms. The molecule has 2 heteroatoms. The van der Waals surface area contributed by atoms with Gasteiger partial charge in [-0.05, 0) is 60.6 Å². The standard InChI is InChI=1S/C12H18IN/c1-4-9(2)14-10(3)11-5-7-12(13)8-6-11/h5-10,14H,4H2,1-3H3/t9-,10-/m1/s1. The van der Waals surface area contributed by atoms with Crippen LogP contribution in [0.25, 0.3) is 0 Å². The fourth-order valence-electron chi connectivity index (χ4n) is 1.39. The molecule has 0 saturated heterocycles. The Balaban J connectivity index is 2.60. The zero-order chi connectivity index (χ0) is 10.6. The fraction of sp³-hybridized carbons (Fsp3) is 0.500. The van der Waals surface area contributed by atoms with Crippen molar-refractivity contribution in [1.82, 2.24) is 5.32 Å². The summed E-state index contributed by atoms with van der Waals surface area (Å²) in [6.45, 7) is 6.65. The van der Waals surface area contributed by atoms with Gasteiger partial charge < -0.3 is 5.32 Å². The summed E-state index contributed by atoms with van der Waals surface area (Å²) in [5, 5.41) is 3.56. The lowest BCUT2D eigenvalue weighted by Gasteiger charge is -2.19. The van der Waals surface area contributed by atoms with Crippen molar-refractivity contribution in [2.24, 2.45) is 0 Å². The number of nitrogens with one attached hydrogen (secondary N) is 1. The van der Waals surface area contributed by atoms with Crippen LogP contribution in [0.3, 0.4) is 0 Å². The quantitative estimate of drug-likeness (QED) is 0.836. The molecule has 0 saturated carbocycles. The molecule has 0 aliphatic carbocycles. The average Bonchev–Trinajstić information content (AvgIpc) is 2.18. The topological polar surface area (TPSA) is 12.0 Å². The Morgan fingerprint density at radius 2 is 1.79 bits per heavy atom. The van der Waals surface area contributed by atoms with Crippen molar-refractivity contribution in [3.63, 3.8) is 0 Å². The molecule has 0 radical (unpaired) electrons. The number of hydrogen-bond donors (Lipinski definition) is 1. The molecule has 78 valence electrons. The predicted octanol–water partition coefficient (Wildman–Crippen LogP) is 3.74. The summed E-state index contributed by atoms with van der Waals surface area (Å²) in [5.41, 5.74) is 1.37. The van der Waals surface area contributed by atoms with Crippen LogP contribution in [0, 0.1) is 3.57 Å². The van der Waals surface area contributed by atoms with Crippen molar-refractivity contribution in [2.75, 3.05) is 0 Å². The monoisotopic (exact) mass is 303 g/mol.